The van der Waals surface area contributed by atoms with E-state index in [1.807, 2.05) is 6.92 Å². The molecule has 0 N–H and O–H groups in total. The van der Waals surface area contributed by atoms with Crippen LogP contribution in [0.25, 0.3) is 0 Å². The monoisotopic (exact) mass is 197 g/mol. The van der Waals surface area contributed by atoms with Crippen LogP contribution in [0.2, 0.25) is 0 Å². The van der Waals surface area contributed by atoms with Crippen molar-refractivity contribution in [2.24, 2.45) is 0 Å². The number of rotatable bonds is 3. The lowest BCUT2D eigenvalue weighted by Gasteiger charge is -2.01. The van der Waals surface area contributed by atoms with Crippen LogP contribution in [-0.4, -0.2) is 27.0 Å². The Bertz CT molecular complexity index is 349. The molecule has 0 bridgehead atoms. The third kappa shape index (κ3) is 2.73. The second-order valence-corrected chi connectivity index (χ2v) is 4.27. The van der Waals surface area contributed by atoms with Gasteiger partial charge in [0.15, 0.2) is 5.78 Å². The molecule has 1 aromatic heterocycles. The molecule has 0 fully saturated rings. The Morgan fingerprint density at radius 1 is 1.62 bits per heavy atom. The van der Waals surface area contributed by atoms with Crippen molar-refractivity contribution in [3.8, 4) is 0 Å². The van der Waals surface area contributed by atoms with E-state index >= 15 is 0 Å². The molecule has 3 nitrogen and oxygen atoms in total. The second kappa shape index (κ2) is 4.28. The molecular formula is C9H11NO2S. The van der Waals surface area contributed by atoms with E-state index in [4.69, 9.17) is 0 Å². The fourth-order valence-electron chi connectivity index (χ4n) is 1.02. The zero-order chi connectivity index (χ0) is 9.84. The van der Waals surface area contributed by atoms with Crippen molar-refractivity contribution in [3.05, 3.63) is 29.6 Å². The van der Waals surface area contributed by atoms with Crippen molar-refractivity contribution in [2.75, 3.05) is 12.0 Å². The summed E-state index contributed by atoms with van der Waals surface area (Å²) in [7, 11) is -1.08. The number of nitrogens with zero attached hydrogens (tertiary/aromatic N) is 1. The molecule has 0 saturated carbocycles. The summed E-state index contributed by atoms with van der Waals surface area (Å²) in [4.78, 5) is 15.3. The molecule has 70 valence electrons. The van der Waals surface area contributed by atoms with Gasteiger partial charge in [0, 0.05) is 35.0 Å². The normalized spacial score (nSPS) is 12.5. The van der Waals surface area contributed by atoms with Crippen molar-refractivity contribution >= 4 is 16.6 Å². The Morgan fingerprint density at radius 3 is 2.85 bits per heavy atom. The molecule has 0 spiro atoms. The zero-order valence-corrected chi connectivity index (χ0v) is 8.43. The molecule has 0 aliphatic carbocycles. The summed E-state index contributed by atoms with van der Waals surface area (Å²) in [6.45, 7) is 1.84. The molecule has 0 amide bonds. The van der Waals surface area contributed by atoms with Crippen LogP contribution < -0.4 is 0 Å². The standard InChI is InChI=1S/C9H11NO2S/c1-7-3-4-10-5-8(7)9(11)6-13(2)12/h3-5H,6H2,1-2H3. The highest BCUT2D eigenvalue weighted by molar-refractivity contribution is 7.85. The van der Waals surface area contributed by atoms with Crippen molar-refractivity contribution < 1.29 is 9.00 Å². The molecule has 1 unspecified atom stereocenters. The van der Waals surface area contributed by atoms with Crippen LogP contribution in [0.1, 0.15) is 15.9 Å². The van der Waals surface area contributed by atoms with Gasteiger partial charge in [-0.25, -0.2) is 0 Å². The highest BCUT2D eigenvalue weighted by atomic mass is 32.2. The topological polar surface area (TPSA) is 47.0 Å². The van der Waals surface area contributed by atoms with Gasteiger partial charge in [-0.3, -0.25) is 14.0 Å². The Balaban J connectivity index is 2.89. The fourth-order valence-corrected chi connectivity index (χ4v) is 1.54. The van der Waals surface area contributed by atoms with E-state index < -0.39 is 10.8 Å². The Labute approximate surface area is 79.6 Å². The summed E-state index contributed by atoms with van der Waals surface area (Å²) >= 11 is 0. The molecule has 1 rings (SSSR count). The van der Waals surface area contributed by atoms with E-state index in [1.165, 1.54) is 12.5 Å². The molecule has 0 aliphatic rings. The van der Waals surface area contributed by atoms with Gasteiger partial charge in [0.2, 0.25) is 0 Å². The van der Waals surface area contributed by atoms with Crippen LogP contribution in [0.3, 0.4) is 0 Å². The van der Waals surface area contributed by atoms with E-state index in [-0.39, 0.29) is 11.5 Å². The first-order valence-corrected chi connectivity index (χ1v) is 5.58. The maximum absolute atomic E-state index is 11.4. The van der Waals surface area contributed by atoms with Crippen molar-refractivity contribution in [1.29, 1.82) is 0 Å². The number of ketones is 1. The quantitative estimate of drug-likeness (QED) is 0.678. The summed E-state index contributed by atoms with van der Waals surface area (Å²) in [5.74, 6) is -0.0292. The van der Waals surface area contributed by atoms with Gasteiger partial charge in [-0.15, -0.1) is 0 Å². The first kappa shape index (κ1) is 10.1. The van der Waals surface area contributed by atoms with Crippen LogP contribution >= 0.6 is 0 Å². The Morgan fingerprint density at radius 2 is 2.31 bits per heavy atom. The zero-order valence-electron chi connectivity index (χ0n) is 7.61. The number of hydrogen-bond donors (Lipinski definition) is 0. The fraction of sp³-hybridized carbons (Fsp3) is 0.333. The van der Waals surface area contributed by atoms with E-state index in [9.17, 15) is 9.00 Å². The Kier molecular flexibility index (Phi) is 3.31. The third-order valence-corrected chi connectivity index (χ3v) is 2.34. The number of aromatic nitrogens is 1. The minimum atomic E-state index is -1.08. The number of carbonyl (C=O) groups is 1. The molecular weight excluding hydrogens is 186 g/mol. The van der Waals surface area contributed by atoms with Crippen LogP contribution in [0.5, 0.6) is 0 Å². The van der Waals surface area contributed by atoms with Crippen LogP contribution in [0.15, 0.2) is 18.5 Å². The molecule has 0 radical (unpaired) electrons. The molecule has 4 heteroatoms. The molecule has 1 atom stereocenters. The van der Waals surface area contributed by atoms with Gasteiger partial charge in [0.05, 0.1) is 5.75 Å². The molecule has 0 saturated heterocycles. The van der Waals surface area contributed by atoms with Gasteiger partial charge < -0.3 is 0 Å². The van der Waals surface area contributed by atoms with Crippen LogP contribution in [0.4, 0.5) is 0 Å². The summed E-state index contributed by atoms with van der Waals surface area (Å²) in [6.07, 6.45) is 4.67. The first-order chi connectivity index (χ1) is 6.11. The smallest absolute Gasteiger partial charge is 0.177 e. The Hall–Kier alpha value is -1.03. The van der Waals surface area contributed by atoms with Gasteiger partial charge in [0.1, 0.15) is 0 Å². The van der Waals surface area contributed by atoms with Crippen molar-refractivity contribution in [1.82, 2.24) is 4.98 Å². The average molecular weight is 197 g/mol. The SMILES string of the molecule is Cc1ccncc1C(=O)CS(C)=O. The number of aryl methyl sites for hydroxylation is 1. The number of pyridine rings is 1. The lowest BCUT2D eigenvalue weighted by molar-refractivity contribution is 0.102. The maximum Gasteiger partial charge on any atom is 0.177 e. The van der Waals surface area contributed by atoms with Gasteiger partial charge >= 0.3 is 0 Å². The molecule has 0 aliphatic heterocycles. The first-order valence-electron chi connectivity index (χ1n) is 3.85. The van der Waals surface area contributed by atoms with Gasteiger partial charge in [-0.1, -0.05) is 0 Å². The highest BCUT2D eigenvalue weighted by Crippen LogP contribution is 2.06. The predicted octanol–water partition coefficient (Wildman–Crippen LogP) is 0.951. The van der Waals surface area contributed by atoms with E-state index in [0.29, 0.717) is 5.56 Å². The summed E-state index contributed by atoms with van der Waals surface area (Å²) in [5, 5.41) is 0. The summed E-state index contributed by atoms with van der Waals surface area (Å²) in [6, 6.07) is 1.77. The highest BCUT2D eigenvalue weighted by Gasteiger charge is 2.09. The molecule has 0 aromatic carbocycles. The van der Waals surface area contributed by atoms with Gasteiger partial charge in [0.25, 0.3) is 0 Å². The predicted molar refractivity (Wildman–Crippen MR) is 52.2 cm³/mol. The minimum absolute atomic E-state index is 0.0759. The number of Topliss-reactive ketones (excluding diaryl/α,β-unsaturated/α-hetero) is 1. The number of hydrogen-bond acceptors (Lipinski definition) is 3. The average Bonchev–Trinajstić information content (AvgIpc) is 2.03. The van der Waals surface area contributed by atoms with Crippen molar-refractivity contribution in [3.63, 3.8) is 0 Å². The van der Waals surface area contributed by atoms with E-state index in [2.05, 4.69) is 4.98 Å². The summed E-state index contributed by atoms with van der Waals surface area (Å²) < 4.78 is 10.8. The van der Waals surface area contributed by atoms with Crippen LogP contribution in [-0.2, 0) is 10.8 Å². The van der Waals surface area contributed by atoms with E-state index in [0.717, 1.165) is 5.56 Å². The van der Waals surface area contributed by atoms with Gasteiger partial charge in [-0.05, 0) is 18.6 Å². The molecule has 1 aromatic rings. The van der Waals surface area contributed by atoms with Crippen molar-refractivity contribution in [2.45, 2.75) is 6.92 Å². The maximum atomic E-state index is 11.4. The third-order valence-electron chi connectivity index (χ3n) is 1.67. The minimum Gasteiger partial charge on any atom is -0.293 e. The largest absolute Gasteiger partial charge is 0.293 e. The van der Waals surface area contributed by atoms with E-state index in [1.54, 1.807) is 12.3 Å². The van der Waals surface area contributed by atoms with Crippen LogP contribution in [0, 0.1) is 6.92 Å². The molecule has 1 heterocycles. The summed E-state index contributed by atoms with van der Waals surface area (Å²) in [5.41, 5.74) is 1.45. The second-order valence-electron chi connectivity index (χ2n) is 2.83. The number of carbonyl (C=O) groups excluding carboxylic acids is 1. The lowest BCUT2D eigenvalue weighted by atomic mass is 10.1. The lowest BCUT2D eigenvalue weighted by Crippen LogP contribution is -2.11. The molecule has 13 heavy (non-hydrogen) atoms. The van der Waals surface area contributed by atoms with Gasteiger partial charge in [-0.2, -0.15) is 0 Å².